The highest BCUT2D eigenvalue weighted by Gasteiger charge is 2.50. The van der Waals surface area contributed by atoms with Crippen molar-refractivity contribution in [1.29, 1.82) is 0 Å². The molecule has 0 aliphatic carbocycles. The van der Waals surface area contributed by atoms with Gasteiger partial charge in [-0.05, 0) is 41.2 Å². The molecule has 0 bridgehead atoms. The third-order valence-corrected chi connectivity index (χ3v) is 10.5. The summed E-state index contributed by atoms with van der Waals surface area (Å²) in [5.74, 6) is 0. The van der Waals surface area contributed by atoms with E-state index in [0.29, 0.717) is 26.4 Å². The smallest absolute Gasteiger partial charge is 0.350 e. The Kier molecular flexibility index (Phi) is 8.59. The van der Waals surface area contributed by atoms with E-state index in [0.717, 1.165) is 0 Å². The minimum Gasteiger partial charge on any atom is -0.394 e. The molecule has 0 saturated carbocycles. The van der Waals surface area contributed by atoms with Crippen molar-refractivity contribution in [3.63, 3.8) is 0 Å². The topological polar surface area (TPSA) is 54.0 Å². The monoisotopic (exact) mass is 298 g/mol. The molecule has 5 nitrogen and oxygen atoms in total. The van der Waals surface area contributed by atoms with Gasteiger partial charge in [-0.2, -0.15) is 0 Å². The Morgan fingerprint density at radius 2 is 1.33 bits per heavy atom. The summed E-state index contributed by atoms with van der Waals surface area (Å²) < 4.78 is 35.0. The predicted molar refractivity (Wildman–Crippen MR) is 75.2 cm³/mol. The Bertz CT molecular complexity index is 258. The van der Waals surface area contributed by atoms with Crippen LogP contribution in [0.4, 0.5) is 0 Å². The fraction of sp³-hybridized carbons (Fsp3) is 1.00. The van der Waals surface area contributed by atoms with Crippen molar-refractivity contribution in [3.05, 3.63) is 0 Å². The van der Waals surface area contributed by atoms with Crippen LogP contribution >= 0.6 is 7.60 Å². The molecule has 0 rings (SSSR count). The Hall–Kier alpha value is 0.287. The van der Waals surface area contributed by atoms with Crippen LogP contribution in [0.2, 0.25) is 6.55 Å². The van der Waals surface area contributed by atoms with Crippen LogP contribution in [-0.2, 0) is 22.5 Å². The van der Waals surface area contributed by atoms with E-state index in [1.54, 1.807) is 13.8 Å². The van der Waals surface area contributed by atoms with E-state index in [9.17, 15) is 4.57 Å². The van der Waals surface area contributed by atoms with Gasteiger partial charge in [0.15, 0.2) is 0 Å². The standard InChI is InChI=1S/C11H27O5PSi/c1-7-13-17(12,14-8-2)11(5)18(6,15-9-3)16-10-4/h11H,7-10H2,1-6H3. The molecule has 0 aromatic rings. The molecule has 1 unspecified atom stereocenters. The molecule has 0 N–H and O–H groups in total. The van der Waals surface area contributed by atoms with Gasteiger partial charge < -0.3 is 17.9 Å². The molecular formula is C11H27O5PSi. The molecule has 0 aliphatic rings. The number of hydrogen-bond acceptors (Lipinski definition) is 5. The van der Waals surface area contributed by atoms with Gasteiger partial charge in [0.2, 0.25) is 0 Å². The van der Waals surface area contributed by atoms with E-state index in [4.69, 9.17) is 17.9 Å². The van der Waals surface area contributed by atoms with Crippen molar-refractivity contribution in [1.82, 2.24) is 0 Å². The van der Waals surface area contributed by atoms with E-state index in [2.05, 4.69) is 0 Å². The molecule has 7 heteroatoms. The van der Waals surface area contributed by atoms with E-state index in [1.165, 1.54) is 0 Å². The summed E-state index contributed by atoms with van der Waals surface area (Å²) in [4.78, 5) is 0. The van der Waals surface area contributed by atoms with Crippen molar-refractivity contribution >= 4 is 16.2 Å². The average Bonchev–Trinajstić information content (AvgIpc) is 2.29. The second-order valence-electron chi connectivity index (χ2n) is 3.93. The summed E-state index contributed by atoms with van der Waals surface area (Å²) in [5.41, 5.74) is 0. The van der Waals surface area contributed by atoms with Crippen molar-refractivity contribution in [2.24, 2.45) is 0 Å². The van der Waals surface area contributed by atoms with Crippen LogP contribution < -0.4 is 0 Å². The van der Waals surface area contributed by atoms with Gasteiger partial charge in [-0.15, -0.1) is 0 Å². The quantitative estimate of drug-likeness (QED) is 0.457. The van der Waals surface area contributed by atoms with Gasteiger partial charge in [-0.3, -0.25) is 4.57 Å². The minimum absolute atomic E-state index is 0.352. The van der Waals surface area contributed by atoms with E-state index >= 15 is 0 Å². The van der Waals surface area contributed by atoms with Crippen molar-refractivity contribution in [2.75, 3.05) is 26.4 Å². The first-order valence-electron chi connectivity index (χ1n) is 6.56. The number of hydrogen-bond donors (Lipinski definition) is 0. The van der Waals surface area contributed by atoms with Crippen LogP contribution in [0.5, 0.6) is 0 Å². The second-order valence-corrected chi connectivity index (χ2v) is 10.3. The van der Waals surface area contributed by atoms with Gasteiger partial charge in [0.25, 0.3) is 0 Å². The van der Waals surface area contributed by atoms with E-state index in [-0.39, 0.29) is 5.28 Å². The third-order valence-electron chi connectivity index (χ3n) is 2.71. The summed E-state index contributed by atoms with van der Waals surface area (Å²) in [6.07, 6.45) is 0. The first-order valence-corrected chi connectivity index (χ1v) is 10.6. The molecule has 110 valence electrons. The zero-order valence-corrected chi connectivity index (χ0v) is 14.3. The Labute approximate surface area is 112 Å². The van der Waals surface area contributed by atoms with Gasteiger partial charge in [-0.25, -0.2) is 0 Å². The highest BCUT2D eigenvalue weighted by Crippen LogP contribution is 2.55. The first kappa shape index (κ1) is 18.3. The van der Waals surface area contributed by atoms with Crippen molar-refractivity contribution in [2.45, 2.75) is 46.4 Å². The molecular weight excluding hydrogens is 271 g/mol. The number of rotatable bonds is 10. The normalized spacial score (nSPS) is 14.8. The SMILES string of the molecule is CCO[Si](C)(OCC)C(C)P(=O)(OCC)OCC. The second kappa shape index (κ2) is 8.46. The zero-order chi connectivity index (χ0) is 14.2. The van der Waals surface area contributed by atoms with Crippen LogP contribution in [0.3, 0.4) is 0 Å². The van der Waals surface area contributed by atoms with Crippen LogP contribution in [0.1, 0.15) is 34.6 Å². The Morgan fingerprint density at radius 3 is 1.61 bits per heavy atom. The molecule has 0 aromatic heterocycles. The molecule has 0 amide bonds. The summed E-state index contributed by atoms with van der Waals surface area (Å²) in [6, 6.07) is 0. The fourth-order valence-corrected chi connectivity index (χ4v) is 7.91. The maximum atomic E-state index is 12.7. The zero-order valence-electron chi connectivity index (χ0n) is 12.4. The fourth-order valence-electron chi connectivity index (χ4n) is 1.76. The van der Waals surface area contributed by atoms with Crippen LogP contribution in [0.25, 0.3) is 0 Å². The van der Waals surface area contributed by atoms with Gasteiger partial charge >= 0.3 is 16.2 Å². The Morgan fingerprint density at radius 1 is 0.944 bits per heavy atom. The molecule has 1 atom stereocenters. The molecule has 18 heavy (non-hydrogen) atoms. The molecule has 0 spiro atoms. The van der Waals surface area contributed by atoms with Gasteiger partial charge in [-0.1, -0.05) is 0 Å². The molecule has 0 saturated heterocycles. The van der Waals surface area contributed by atoms with Crippen LogP contribution in [0, 0.1) is 0 Å². The maximum absolute atomic E-state index is 12.7. The van der Waals surface area contributed by atoms with Crippen LogP contribution in [-0.4, -0.2) is 40.3 Å². The predicted octanol–water partition coefficient (Wildman–Crippen LogP) is 3.33. The van der Waals surface area contributed by atoms with E-state index < -0.39 is 16.2 Å². The summed E-state index contributed by atoms with van der Waals surface area (Å²) in [7, 11) is -5.76. The molecule has 0 fully saturated rings. The molecule has 0 aliphatic heterocycles. The van der Waals surface area contributed by atoms with Crippen LogP contribution in [0.15, 0.2) is 0 Å². The molecule has 0 radical (unpaired) electrons. The first-order chi connectivity index (χ1) is 8.40. The minimum atomic E-state index is -3.18. The largest absolute Gasteiger partial charge is 0.394 e. The maximum Gasteiger partial charge on any atom is 0.350 e. The molecule has 0 heterocycles. The highest BCUT2D eigenvalue weighted by molar-refractivity contribution is 7.57. The third kappa shape index (κ3) is 4.76. The lowest BCUT2D eigenvalue weighted by atomic mass is 10.9. The summed E-state index contributed by atoms with van der Waals surface area (Å²) in [5, 5.41) is -0.357. The van der Waals surface area contributed by atoms with Crippen molar-refractivity contribution < 1.29 is 22.5 Å². The lowest BCUT2D eigenvalue weighted by Crippen LogP contribution is -2.49. The van der Waals surface area contributed by atoms with Crippen molar-refractivity contribution in [3.8, 4) is 0 Å². The highest BCUT2D eigenvalue weighted by atomic mass is 31.2. The van der Waals surface area contributed by atoms with Gasteiger partial charge in [0.05, 0.1) is 13.2 Å². The lowest BCUT2D eigenvalue weighted by molar-refractivity contribution is 0.174. The Balaban J connectivity index is 5.11. The molecule has 0 aromatic carbocycles. The van der Waals surface area contributed by atoms with Gasteiger partial charge in [0.1, 0.15) is 5.28 Å². The average molecular weight is 298 g/mol. The summed E-state index contributed by atoms with van der Waals surface area (Å²) >= 11 is 0. The lowest BCUT2D eigenvalue weighted by Gasteiger charge is -2.35. The van der Waals surface area contributed by atoms with E-state index in [1.807, 2.05) is 27.3 Å². The van der Waals surface area contributed by atoms with Gasteiger partial charge in [0, 0.05) is 13.2 Å². The summed E-state index contributed by atoms with van der Waals surface area (Å²) in [6.45, 7) is 12.9.